The van der Waals surface area contributed by atoms with Crippen LogP contribution in [0.15, 0.2) is 37.1 Å². The van der Waals surface area contributed by atoms with E-state index in [1.165, 1.54) is 12.4 Å². The van der Waals surface area contributed by atoms with Gasteiger partial charge in [-0.2, -0.15) is 0 Å². The van der Waals surface area contributed by atoms with E-state index in [1.807, 2.05) is 6.07 Å². The maximum atomic E-state index is 11.9. The van der Waals surface area contributed by atoms with Crippen LogP contribution in [-0.4, -0.2) is 45.5 Å². The molecule has 114 valence electrons. The van der Waals surface area contributed by atoms with Gasteiger partial charge in [-0.1, -0.05) is 0 Å². The average molecular weight is 298 g/mol. The second-order valence-electron chi connectivity index (χ2n) is 5.28. The predicted molar refractivity (Wildman–Crippen MR) is 81.3 cm³/mol. The molecule has 3 rings (SSSR count). The molecule has 0 spiro atoms. The van der Waals surface area contributed by atoms with Crippen LogP contribution < -0.4 is 10.2 Å². The van der Waals surface area contributed by atoms with E-state index in [4.69, 9.17) is 0 Å². The molecule has 0 unspecified atom stereocenters. The quantitative estimate of drug-likeness (QED) is 0.903. The van der Waals surface area contributed by atoms with Crippen LogP contribution in [0.5, 0.6) is 0 Å². The van der Waals surface area contributed by atoms with Gasteiger partial charge in [0.15, 0.2) is 0 Å². The van der Waals surface area contributed by atoms with Gasteiger partial charge in [-0.15, -0.1) is 0 Å². The lowest BCUT2D eigenvalue weighted by atomic mass is 9.97. The summed E-state index contributed by atoms with van der Waals surface area (Å²) in [5, 5.41) is 2.93. The standard InChI is InChI=1S/C15H18N6O/c22-14(13-11-16-6-7-17-13)20-10-12-2-8-21(9-3-12)15-18-4-1-5-19-15/h1,4-7,11-12H,2-3,8-10H2,(H,20,22). The van der Waals surface area contributed by atoms with E-state index in [-0.39, 0.29) is 5.91 Å². The predicted octanol–water partition coefficient (Wildman–Crippen LogP) is 0.913. The van der Waals surface area contributed by atoms with Crippen molar-refractivity contribution in [3.05, 3.63) is 42.7 Å². The molecule has 1 aliphatic heterocycles. The minimum absolute atomic E-state index is 0.165. The first-order valence-corrected chi connectivity index (χ1v) is 7.39. The molecular weight excluding hydrogens is 280 g/mol. The first-order chi connectivity index (χ1) is 10.8. The van der Waals surface area contributed by atoms with Crippen LogP contribution in [0.1, 0.15) is 23.3 Å². The number of hydrogen-bond acceptors (Lipinski definition) is 6. The van der Waals surface area contributed by atoms with E-state index in [0.29, 0.717) is 18.2 Å². The Hall–Kier alpha value is -2.57. The van der Waals surface area contributed by atoms with Gasteiger partial charge >= 0.3 is 0 Å². The van der Waals surface area contributed by atoms with Crippen molar-refractivity contribution in [1.29, 1.82) is 0 Å². The number of hydrogen-bond donors (Lipinski definition) is 1. The number of carbonyl (C=O) groups excluding carboxylic acids is 1. The molecule has 0 aliphatic carbocycles. The molecule has 2 aromatic rings. The number of anilines is 1. The summed E-state index contributed by atoms with van der Waals surface area (Å²) in [6.07, 6.45) is 10.1. The van der Waals surface area contributed by atoms with Gasteiger partial charge in [0, 0.05) is 44.4 Å². The molecule has 0 atom stereocenters. The summed E-state index contributed by atoms with van der Waals surface area (Å²) in [7, 11) is 0. The fraction of sp³-hybridized carbons (Fsp3) is 0.400. The number of rotatable bonds is 4. The number of amides is 1. The molecule has 3 heterocycles. The Kier molecular flexibility index (Phi) is 4.53. The topological polar surface area (TPSA) is 83.9 Å². The van der Waals surface area contributed by atoms with Crippen molar-refractivity contribution >= 4 is 11.9 Å². The van der Waals surface area contributed by atoms with Gasteiger partial charge < -0.3 is 10.2 Å². The minimum Gasteiger partial charge on any atom is -0.350 e. The Balaban J connectivity index is 1.45. The average Bonchev–Trinajstić information content (AvgIpc) is 2.61. The monoisotopic (exact) mass is 298 g/mol. The van der Waals surface area contributed by atoms with E-state index in [9.17, 15) is 4.79 Å². The molecule has 0 bridgehead atoms. The number of carbonyl (C=O) groups is 1. The first-order valence-electron chi connectivity index (χ1n) is 7.39. The summed E-state index contributed by atoms with van der Waals surface area (Å²) in [5.41, 5.74) is 0.359. The third-order valence-corrected chi connectivity index (χ3v) is 3.80. The van der Waals surface area contributed by atoms with E-state index >= 15 is 0 Å². The molecule has 2 aromatic heterocycles. The van der Waals surface area contributed by atoms with Gasteiger partial charge in [-0.25, -0.2) is 15.0 Å². The van der Waals surface area contributed by atoms with Gasteiger partial charge in [0.2, 0.25) is 5.95 Å². The van der Waals surface area contributed by atoms with Crippen molar-refractivity contribution in [2.45, 2.75) is 12.8 Å². The Labute approximate surface area is 128 Å². The maximum Gasteiger partial charge on any atom is 0.271 e. The molecule has 0 aromatic carbocycles. The fourth-order valence-corrected chi connectivity index (χ4v) is 2.54. The molecule has 7 nitrogen and oxygen atoms in total. The smallest absolute Gasteiger partial charge is 0.271 e. The van der Waals surface area contributed by atoms with Crippen LogP contribution in [0.2, 0.25) is 0 Å². The van der Waals surface area contributed by atoms with E-state index < -0.39 is 0 Å². The highest BCUT2D eigenvalue weighted by Gasteiger charge is 2.21. The third-order valence-electron chi connectivity index (χ3n) is 3.80. The molecule has 0 radical (unpaired) electrons. The molecule has 0 saturated carbocycles. The molecule has 1 saturated heterocycles. The Morgan fingerprint density at radius 3 is 2.59 bits per heavy atom. The van der Waals surface area contributed by atoms with Gasteiger partial charge in [-0.05, 0) is 24.8 Å². The normalized spacial score (nSPS) is 15.5. The summed E-state index contributed by atoms with van der Waals surface area (Å²) in [5.74, 6) is 1.09. The van der Waals surface area contributed by atoms with Crippen molar-refractivity contribution in [3.8, 4) is 0 Å². The summed E-state index contributed by atoms with van der Waals surface area (Å²) in [6, 6.07) is 1.82. The van der Waals surface area contributed by atoms with Crippen molar-refractivity contribution in [3.63, 3.8) is 0 Å². The summed E-state index contributed by atoms with van der Waals surface area (Å²) >= 11 is 0. The minimum atomic E-state index is -0.165. The molecule has 1 aliphatic rings. The van der Waals surface area contributed by atoms with Gasteiger partial charge in [0.25, 0.3) is 5.91 Å². The summed E-state index contributed by atoms with van der Waals surface area (Å²) < 4.78 is 0. The second-order valence-corrected chi connectivity index (χ2v) is 5.28. The lowest BCUT2D eigenvalue weighted by Gasteiger charge is -2.31. The molecule has 1 fully saturated rings. The van der Waals surface area contributed by atoms with Crippen LogP contribution in [0.25, 0.3) is 0 Å². The van der Waals surface area contributed by atoms with Gasteiger partial charge in [0.05, 0.1) is 6.20 Å². The zero-order valence-electron chi connectivity index (χ0n) is 12.2. The number of piperidine rings is 1. The number of nitrogens with zero attached hydrogens (tertiary/aromatic N) is 5. The summed E-state index contributed by atoms with van der Waals surface area (Å²) in [6.45, 7) is 2.49. The van der Waals surface area contributed by atoms with Crippen LogP contribution in [-0.2, 0) is 0 Å². The molecule has 22 heavy (non-hydrogen) atoms. The lowest BCUT2D eigenvalue weighted by molar-refractivity contribution is 0.0939. The van der Waals surface area contributed by atoms with E-state index in [0.717, 1.165) is 31.9 Å². The summed E-state index contributed by atoms with van der Waals surface area (Å²) in [4.78, 5) is 30.5. The third kappa shape index (κ3) is 3.55. The molecule has 1 N–H and O–H groups in total. The van der Waals surface area contributed by atoms with Crippen molar-refractivity contribution in [2.24, 2.45) is 5.92 Å². The SMILES string of the molecule is O=C(NCC1CCN(c2ncccn2)CC1)c1cnccn1. The van der Waals surface area contributed by atoms with Gasteiger partial charge in [-0.3, -0.25) is 9.78 Å². The second kappa shape index (κ2) is 6.93. The number of nitrogens with one attached hydrogen (secondary N) is 1. The molecule has 1 amide bonds. The van der Waals surface area contributed by atoms with E-state index in [1.54, 1.807) is 18.6 Å². The lowest BCUT2D eigenvalue weighted by Crippen LogP contribution is -2.39. The molecule has 7 heteroatoms. The van der Waals surface area contributed by atoms with Crippen molar-refractivity contribution in [2.75, 3.05) is 24.5 Å². The zero-order valence-corrected chi connectivity index (χ0v) is 12.2. The fourth-order valence-electron chi connectivity index (χ4n) is 2.54. The zero-order chi connectivity index (χ0) is 15.2. The van der Waals surface area contributed by atoms with Crippen molar-refractivity contribution < 1.29 is 4.79 Å². The Morgan fingerprint density at radius 2 is 1.91 bits per heavy atom. The van der Waals surface area contributed by atoms with E-state index in [2.05, 4.69) is 30.2 Å². The van der Waals surface area contributed by atoms with Gasteiger partial charge in [0.1, 0.15) is 5.69 Å². The highest BCUT2D eigenvalue weighted by molar-refractivity contribution is 5.91. The molecular formula is C15H18N6O. The Morgan fingerprint density at radius 1 is 1.14 bits per heavy atom. The van der Waals surface area contributed by atoms with Crippen LogP contribution >= 0.6 is 0 Å². The highest BCUT2D eigenvalue weighted by Crippen LogP contribution is 2.19. The van der Waals surface area contributed by atoms with Crippen LogP contribution in [0, 0.1) is 5.92 Å². The van der Waals surface area contributed by atoms with Crippen LogP contribution in [0.3, 0.4) is 0 Å². The highest BCUT2D eigenvalue weighted by atomic mass is 16.1. The Bertz CT molecular complexity index is 598. The van der Waals surface area contributed by atoms with Crippen LogP contribution in [0.4, 0.5) is 5.95 Å². The first kappa shape index (κ1) is 14.4. The van der Waals surface area contributed by atoms with Crippen molar-refractivity contribution in [1.82, 2.24) is 25.3 Å². The largest absolute Gasteiger partial charge is 0.350 e. The number of aromatic nitrogens is 4. The maximum absolute atomic E-state index is 11.9.